The molecule has 3 N–H and O–H groups in total. The number of aryl methyl sites for hydroxylation is 2. The van der Waals surface area contributed by atoms with Gasteiger partial charge in [0.2, 0.25) is 0 Å². The number of urea groups is 1. The number of nitrogens with one attached hydrogen (secondary N) is 2. The Morgan fingerprint density at radius 2 is 2.23 bits per heavy atom. The number of carbonyl (C=O) groups excluding carboxylic acids is 1. The van der Waals surface area contributed by atoms with E-state index in [1.54, 1.807) is 6.92 Å². The smallest absolute Gasteiger partial charge is 0.314 e. The highest BCUT2D eigenvalue weighted by Gasteiger charge is 2.24. The van der Waals surface area contributed by atoms with Crippen molar-refractivity contribution in [2.75, 3.05) is 13.1 Å². The summed E-state index contributed by atoms with van der Waals surface area (Å²) in [6.45, 7) is 6.06. The maximum Gasteiger partial charge on any atom is 0.314 e. The molecule has 6 nitrogen and oxygen atoms in total. The lowest BCUT2D eigenvalue weighted by molar-refractivity contribution is 0.0631. The van der Waals surface area contributed by atoms with Gasteiger partial charge in [0.1, 0.15) is 11.4 Å². The maximum absolute atomic E-state index is 11.8. The minimum Gasteiger partial charge on any atom is -0.383 e. The van der Waals surface area contributed by atoms with E-state index >= 15 is 0 Å². The minimum absolute atomic E-state index is 0.157. The molecule has 7 heteroatoms. The fourth-order valence-electron chi connectivity index (χ4n) is 2.15. The molecule has 0 spiro atoms. The summed E-state index contributed by atoms with van der Waals surface area (Å²) in [5.41, 5.74) is 0.805. The second-order valence-electron chi connectivity index (χ2n) is 5.41. The topological polar surface area (TPSA) is 87.4 Å². The summed E-state index contributed by atoms with van der Waals surface area (Å²) in [5.74, 6) is 0.778. The molecule has 2 heterocycles. The number of nitrogens with zero attached hydrogens (tertiary/aromatic N) is 1. The molecule has 0 aliphatic rings. The van der Waals surface area contributed by atoms with Gasteiger partial charge in [-0.3, -0.25) is 0 Å². The fraction of sp³-hybridized carbons (Fsp3) is 0.467. The van der Waals surface area contributed by atoms with Crippen molar-refractivity contribution < 1.29 is 14.4 Å². The van der Waals surface area contributed by atoms with E-state index in [1.165, 1.54) is 11.3 Å². The van der Waals surface area contributed by atoms with Crippen LogP contribution in [-0.4, -0.2) is 29.4 Å². The zero-order chi connectivity index (χ0) is 16.2. The van der Waals surface area contributed by atoms with Gasteiger partial charge < -0.3 is 20.3 Å². The molecular formula is C15H21N3O3S. The van der Waals surface area contributed by atoms with Crippen molar-refractivity contribution in [1.82, 2.24) is 15.8 Å². The summed E-state index contributed by atoms with van der Waals surface area (Å²) in [6, 6.07) is 3.42. The largest absolute Gasteiger partial charge is 0.383 e. The van der Waals surface area contributed by atoms with Crippen LogP contribution in [-0.2, 0) is 12.0 Å². The molecule has 1 atom stereocenters. The van der Waals surface area contributed by atoms with Gasteiger partial charge >= 0.3 is 6.03 Å². The first-order chi connectivity index (χ1) is 10.4. The Labute approximate surface area is 133 Å². The number of aliphatic hydroxyl groups is 1. The van der Waals surface area contributed by atoms with Gasteiger partial charge in [-0.1, -0.05) is 11.2 Å². The Kier molecular flexibility index (Phi) is 5.20. The average molecular weight is 323 g/mol. The predicted octanol–water partition coefficient (Wildman–Crippen LogP) is 2.10. The summed E-state index contributed by atoms with van der Waals surface area (Å²) in [6.07, 6.45) is 0.663. The average Bonchev–Trinajstić information content (AvgIpc) is 3.10. The monoisotopic (exact) mass is 323 g/mol. The first-order valence-electron chi connectivity index (χ1n) is 7.10. The fourth-order valence-corrected chi connectivity index (χ4v) is 2.93. The van der Waals surface area contributed by atoms with Gasteiger partial charge in [0, 0.05) is 17.0 Å². The standard InChI is InChI=1S/C15H21N3O3S/c1-10-12(11(2)21-18-10)6-7-16-14(19)17-9-15(3,20)13-5-4-8-22-13/h4-5,8,20H,6-7,9H2,1-3H3,(H2,16,17,19). The molecule has 0 bridgehead atoms. The lowest BCUT2D eigenvalue weighted by Crippen LogP contribution is -2.43. The van der Waals surface area contributed by atoms with Gasteiger partial charge in [0.05, 0.1) is 12.2 Å². The maximum atomic E-state index is 11.8. The Bertz CT molecular complexity index is 601. The molecule has 2 rings (SSSR count). The van der Waals surface area contributed by atoms with Crippen molar-refractivity contribution in [2.24, 2.45) is 0 Å². The molecular weight excluding hydrogens is 302 g/mol. The number of aromatic nitrogens is 1. The number of rotatable bonds is 6. The molecule has 120 valence electrons. The van der Waals surface area contributed by atoms with E-state index in [0.29, 0.717) is 13.0 Å². The van der Waals surface area contributed by atoms with Gasteiger partial charge in [-0.2, -0.15) is 0 Å². The van der Waals surface area contributed by atoms with Crippen LogP contribution < -0.4 is 10.6 Å². The Balaban J connectivity index is 1.75. The van der Waals surface area contributed by atoms with Crippen LogP contribution in [0.25, 0.3) is 0 Å². The van der Waals surface area contributed by atoms with E-state index in [1.807, 2.05) is 31.4 Å². The van der Waals surface area contributed by atoms with E-state index in [9.17, 15) is 9.90 Å². The van der Waals surface area contributed by atoms with E-state index in [2.05, 4.69) is 15.8 Å². The molecule has 0 saturated carbocycles. The highest BCUT2D eigenvalue weighted by Crippen LogP contribution is 2.24. The molecule has 0 fully saturated rings. The van der Waals surface area contributed by atoms with Crippen molar-refractivity contribution in [3.63, 3.8) is 0 Å². The number of hydrogen-bond donors (Lipinski definition) is 3. The van der Waals surface area contributed by atoms with Crippen LogP contribution in [0.3, 0.4) is 0 Å². The van der Waals surface area contributed by atoms with Crippen LogP contribution in [0.1, 0.15) is 28.8 Å². The number of carbonyl (C=O) groups is 1. The second kappa shape index (κ2) is 6.93. The third kappa shape index (κ3) is 4.08. The van der Waals surface area contributed by atoms with Gasteiger partial charge in [0.15, 0.2) is 0 Å². The highest BCUT2D eigenvalue weighted by atomic mass is 32.1. The quantitative estimate of drug-likeness (QED) is 0.760. The van der Waals surface area contributed by atoms with Gasteiger partial charge in [-0.05, 0) is 38.6 Å². The SMILES string of the molecule is Cc1noc(C)c1CCNC(=O)NCC(C)(O)c1cccs1. The van der Waals surface area contributed by atoms with E-state index in [4.69, 9.17) is 4.52 Å². The molecule has 0 aliphatic carbocycles. The van der Waals surface area contributed by atoms with E-state index < -0.39 is 5.60 Å². The molecule has 2 amide bonds. The van der Waals surface area contributed by atoms with Crippen molar-refractivity contribution in [2.45, 2.75) is 32.8 Å². The second-order valence-corrected chi connectivity index (χ2v) is 6.36. The van der Waals surface area contributed by atoms with Crippen LogP contribution in [0.15, 0.2) is 22.0 Å². The minimum atomic E-state index is -1.06. The molecule has 0 aromatic carbocycles. The van der Waals surface area contributed by atoms with Crippen LogP contribution in [0.4, 0.5) is 4.79 Å². The summed E-state index contributed by atoms with van der Waals surface area (Å²) >= 11 is 1.46. The summed E-state index contributed by atoms with van der Waals surface area (Å²) in [5, 5.41) is 21.5. The van der Waals surface area contributed by atoms with Crippen molar-refractivity contribution in [1.29, 1.82) is 0 Å². The number of hydrogen-bond acceptors (Lipinski definition) is 5. The molecule has 2 aromatic rings. The normalized spacial score (nSPS) is 13.6. The van der Waals surface area contributed by atoms with E-state index in [0.717, 1.165) is 21.9 Å². The van der Waals surface area contributed by atoms with Crippen LogP contribution >= 0.6 is 11.3 Å². The van der Waals surface area contributed by atoms with Gasteiger partial charge in [-0.15, -0.1) is 11.3 Å². The summed E-state index contributed by atoms with van der Waals surface area (Å²) in [4.78, 5) is 12.6. The highest BCUT2D eigenvalue weighted by molar-refractivity contribution is 7.10. The van der Waals surface area contributed by atoms with Crippen molar-refractivity contribution >= 4 is 17.4 Å². The molecule has 22 heavy (non-hydrogen) atoms. The third-order valence-electron chi connectivity index (χ3n) is 3.49. The van der Waals surface area contributed by atoms with Crippen LogP contribution in [0.5, 0.6) is 0 Å². The zero-order valence-electron chi connectivity index (χ0n) is 13.0. The van der Waals surface area contributed by atoms with Crippen molar-refractivity contribution in [3.8, 4) is 0 Å². The first kappa shape index (κ1) is 16.5. The van der Waals surface area contributed by atoms with E-state index in [-0.39, 0.29) is 12.6 Å². The predicted molar refractivity (Wildman–Crippen MR) is 85.0 cm³/mol. The number of thiophene rings is 1. The summed E-state index contributed by atoms with van der Waals surface area (Å²) in [7, 11) is 0. The Morgan fingerprint density at radius 3 is 2.82 bits per heavy atom. The van der Waals surface area contributed by atoms with Crippen LogP contribution in [0, 0.1) is 13.8 Å². The molecule has 0 radical (unpaired) electrons. The molecule has 2 aromatic heterocycles. The Morgan fingerprint density at radius 1 is 1.45 bits per heavy atom. The molecule has 0 aliphatic heterocycles. The van der Waals surface area contributed by atoms with Gasteiger partial charge in [-0.25, -0.2) is 4.79 Å². The first-order valence-corrected chi connectivity index (χ1v) is 7.98. The third-order valence-corrected chi connectivity index (χ3v) is 4.61. The number of amides is 2. The van der Waals surface area contributed by atoms with Crippen LogP contribution in [0.2, 0.25) is 0 Å². The summed E-state index contributed by atoms with van der Waals surface area (Å²) < 4.78 is 5.08. The lowest BCUT2D eigenvalue weighted by Gasteiger charge is -2.22. The Hall–Kier alpha value is -1.86. The lowest BCUT2D eigenvalue weighted by atomic mass is 10.1. The van der Waals surface area contributed by atoms with Crippen molar-refractivity contribution in [3.05, 3.63) is 39.4 Å². The van der Waals surface area contributed by atoms with Gasteiger partial charge in [0.25, 0.3) is 0 Å². The molecule has 0 saturated heterocycles. The molecule has 1 unspecified atom stereocenters. The zero-order valence-corrected chi connectivity index (χ0v) is 13.8.